The van der Waals surface area contributed by atoms with Gasteiger partial charge in [-0.2, -0.15) is 0 Å². The minimum Gasteiger partial charge on any atom is -0.371 e. The Kier molecular flexibility index (Phi) is 4.70. The predicted molar refractivity (Wildman–Crippen MR) is 69.3 cm³/mol. The molecule has 1 heterocycles. The molecular formula is C15H22O3. The molecule has 100 valence electrons. The highest BCUT2D eigenvalue weighted by atomic mass is 16.5. The first-order valence-corrected chi connectivity index (χ1v) is 7.06. The van der Waals surface area contributed by atoms with E-state index in [-0.39, 0.29) is 23.6 Å². The maximum Gasteiger partial charge on any atom is 0.162 e. The fraction of sp³-hybridized carbons (Fsp3) is 0.733. The molecule has 1 aliphatic carbocycles. The van der Waals surface area contributed by atoms with E-state index in [1.807, 2.05) is 0 Å². The average molecular weight is 250 g/mol. The summed E-state index contributed by atoms with van der Waals surface area (Å²) in [5.41, 5.74) is 0.966. The van der Waals surface area contributed by atoms with E-state index in [4.69, 9.17) is 4.74 Å². The van der Waals surface area contributed by atoms with Crippen LogP contribution < -0.4 is 0 Å². The molecule has 1 fully saturated rings. The van der Waals surface area contributed by atoms with E-state index < -0.39 is 0 Å². The van der Waals surface area contributed by atoms with Gasteiger partial charge in [-0.25, -0.2) is 0 Å². The molecule has 0 aromatic rings. The number of hydrogen-bond donors (Lipinski definition) is 0. The van der Waals surface area contributed by atoms with Crippen LogP contribution in [0.15, 0.2) is 11.6 Å². The Morgan fingerprint density at radius 2 is 2.17 bits per heavy atom. The van der Waals surface area contributed by atoms with E-state index in [2.05, 4.69) is 6.08 Å². The summed E-state index contributed by atoms with van der Waals surface area (Å²) < 4.78 is 5.39. The molecule has 0 amide bonds. The minimum absolute atomic E-state index is 0.0736. The lowest BCUT2D eigenvalue weighted by Gasteiger charge is -2.23. The summed E-state index contributed by atoms with van der Waals surface area (Å²) in [6, 6.07) is 0. The van der Waals surface area contributed by atoms with Crippen LogP contribution in [0.4, 0.5) is 0 Å². The third-order valence-corrected chi connectivity index (χ3v) is 3.94. The Morgan fingerprint density at radius 1 is 1.33 bits per heavy atom. The highest BCUT2D eigenvalue weighted by Gasteiger charge is 2.28. The molecule has 0 aromatic heterocycles. The largest absolute Gasteiger partial charge is 0.371 e. The van der Waals surface area contributed by atoms with Gasteiger partial charge in [-0.05, 0) is 51.0 Å². The Bertz CT molecular complexity index is 357. The summed E-state index contributed by atoms with van der Waals surface area (Å²) in [4.78, 5) is 24.3. The third kappa shape index (κ3) is 3.29. The lowest BCUT2D eigenvalue weighted by atomic mass is 9.84. The molecule has 1 unspecified atom stereocenters. The highest BCUT2D eigenvalue weighted by molar-refractivity contribution is 6.00. The van der Waals surface area contributed by atoms with E-state index in [0.29, 0.717) is 13.0 Å². The van der Waals surface area contributed by atoms with Crippen LogP contribution in [-0.4, -0.2) is 24.3 Å². The summed E-state index contributed by atoms with van der Waals surface area (Å²) >= 11 is 0. The Morgan fingerprint density at radius 3 is 2.89 bits per heavy atom. The molecule has 2 aliphatic rings. The van der Waals surface area contributed by atoms with Crippen LogP contribution in [0.25, 0.3) is 0 Å². The average Bonchev–Trinajstić information content (AvgIpc) is 2.40. The van der Waals surface area contributed by atoms with E-state index in [0.717, 1.165) is 37.7 Å². The van der Waals surface area contributed by atoms with Crippen molar-refractivity contribution in [3.05, 3.63) is 11.6 Å². The second-order valence-corrected chi connectivity index (χ2v) is 5.36. The lowest BCUT2D eigenvalue weighted by Crippen LogP contribution is -2.30. The molecule has 2 rings (SSSR count). The quantitative estimate of drug-likeness (QED) is 0.757. The van der Waals surface area contributed by atoms with E-state index in [1.165, 1.54) is 6.42 Å². The van der Waals surface area contributed by atoms with Gasteiger partial charge in [0.2, 0.25) is 0 Å². The van der Waals surface area contributed by atoms with E-state index in [1.54, 1.807) is 6.92 Å². The van der Waals surface area contributed by atoms with Crippen molar-refractivity contribution in [3.63, 3.8) is 0 Å². The van der Waals surface area contributed by atoms with Gasteiger partial charge in [0.25, 0.3) is 0 Å². The topological polar surface area (TPSA) is 43.4 Å². The van der Waals surface area contributed by atoms with Gasteiger partial charge in [-0.3, -0.25) is 9.59 Å². The van der Waals surface area contributed by atoms with Crippen LogP contribution in [0.5, 0.6) is 0 Å². The molecule has 1 saturated heterocycles. The standard InChI is InChI=1S/C15H22O3/c1-11-14(16)10-13(8-5-9-18-11)15(17)12-6-3-2-4-7-12/h6,11,13H,2-5,7-10H2,1H3/t11?,13-/m0/s1. The van der Waals surface area contributed by atoms with Crippen molar-refractivity contribution in [1.29, 1.82) is 0 Å². The van der Waals surface area contributed by atoms with Crippen LogP contribution in [-0.2, 0) is 14.3 Å². The molecule has 0 aromatic carbocycles. The normalized spacial score (nSPS) is 30.3. The summed E-state index contributed by atoms with van der Waals surface area (Å²) in [6.45, 7) is 2.38. The zero-order valence-electron chi connectivity index (χ0n) is 11.1. The maximum absolute atomic E-state index is 12.4. The van der Waals surface area contributed by atoms with Gasteiger partial charge >= 0.3 is 0 Å². The number of ketones is 2. The first kappa shape index (κ1) is 13.5. The van der Waals surface area contributed by atoms with Crippen LogP contribution in [0, 0.1) is 5.92 Å². The fourth-order valence-electron chi connectivity index (χ4n) is 2.74. The molecule has 0 bridgehead atoms. The van der Waals surface area contributed by atoms with Gasteiger partial charge in [-0.15, -0.1) is 0 Å². The van der Waals surface area contributed by atoms with Crippen molar-refractivity contribution in [2.45, 2.75) is 58.0 Å². The Hall–Kier alpha value is -0.960. The van der Waals surface area contributed by atoms with Gasteiger partial charge in [0.05, 0.1) is 0 Å². The molecule has 3 heteroatoms. The van der Waals surface area contributed by atoms with Gasteiger partial charge in [-0.1, -0.05) is 6.08 Å². The van der Waals surface area contributed by atoms with E-state index in [9.17, 15) is 9.59 Å². The summed E-state index contributed by atoms with van der Waals surface area (Å²) in [5.74, 6) is 0.190. The van der Waals surface area contributed by atoms with E-state index >= 15 is 0 Å². The molecule has 0 saturated carbocycles. The zero-order chi connectivity index (χ0) is 13.0. The molecule has 1 aliphatic heterocycles. The second-order valence-electron chi connectivity index (χ2n) is 5.36. The number of ether oxygens (including phenoxy) is 1. The molecule has 0 radical (unpaired) electrons. The number of hydrogen-bond acceptors (Lipinski definition) is 3. The molecule has 18 heavy (non-hydrogen) atoms. The molecule has 2 atom stereocenters. The first-order valence-electron chi connectivity index (χ1n) is 7.06. The fourth-order valence-corrected chi connectivity index (χ4v) is 2.74. The van der Waals surface area contributed by atoms with Crippen molar-refractivity contribution in [2.24, 2.45) is 5.92 Å². The first-order chi connectivity index (χ1) is 8.68. The van der Waals surface area contributed by atoms with Crippen molar-refractivity contribution in [1.82, 2.24) is 0 Å². The smallest absolute Gasteiger partial charge is 0.162 e. The van der Waals surface area contributed by atoms with Crippen molar-refractivity contribution < 1.29 is 14.3 Å². The van der Waals surface area contributed by atoms with Crippen molar-refractivity contribution in [2.75, 3.05) is 6.61 Å². The van der Waals surface area contributed by atoms with Crippen molar-refractivity contribution in [3.8, 4) is 0 Å². The number of allylic oxidation sites excluding steroid dienone is 2. The van der Waals surface area contributed by atoms with Crippen LogP contribution in [0.3, 0.4) is 0 Å². The SMILES string of the molecule is CC1OCCC[C@H](C(=O)C2=CCCCC2)CC1=O. The van der Waals surface area contributed by atoms with Gasteiger partial charge in [0, 0.05) is 18.9 Å². The number of carbonyl (C=O) groups is 2. The van der Waals surface area contributed by atoms with Crippen LogP contribution in [0.2, 0.25) is 0 Å². The Balaban J connectivity index is 2.03. The highest BCUT2D eigenvalue weighted by Crippen LogP contribution is 2.26. The number of rotatable bonds is 2. The summed E-state index contributed by atoms with van der Waals surface area (Å²) in [7, 11) is 0. The number of carbonyl (C=O) groups excluding carboxylic acids is 2. The monoisotopic (exact) mass is 250 g/mol. The minimum atomic E-state index is -0.346. The lowest BCUT2D eigenvalue weighted by molar-refractivity contribution is -0.135. The zero-order valence-corrected chi connectivity index (χ0v) is 11.1. The molecule has 0 spiro atoms. The van der Waals surface area contributed by atoms with Gasteiger partial charge in [0.15, 0.2) is 11.6 Å². The van der Waals surface area contributed by atoms with Gasteiger partial charge in [0.1, 0.15) is 6.10 Å². The molecular weight excluding hydrogens is 228 g/mol. The third-order valence-electron chi connectivity index (χ3n) is 3.94. The molecule has 3 nitrogen and oxygen atoms in total. The summed E-state index contributed by atoms with van der Waals surface area (Å²) in [6.07, 6.45) is 7.96. The predicted octanol–water partition coefficient (Wildman–Crippen LogP) is 2.83. The second kappa shape index (κ2) is 6.28. The maximum atomic E-state index is 12.4. The van der Waals surface area contributed by atoms with Gasteiger partial charge < -0.3 is 4.74 Å². The Labute approximate surface area is 109 Å². The van der Waals surface area contributed by atoms with Crippen LogP contribution in [0.1, 0.15) is 51.9 Å². The van der Waals surface area contributed by atoms with Crippen molar-refractivity contribution >= 4 is 11.6 Å². The number of Topliss-reactive ketones (excluding diaryl/α,β-unsaturated/α-hetero) is 2. The van der Waals surface area contributed by atoms with Crippen LogP contribution >= 0.6 is 0 Å². The molecule has 0 N–H and O–H groups in total. The summed E-state index contributed by atoms with van der Waals surface area (Å²) in [5, 5.41) is 0.